The van der Waals surface area contributed by atoms with E-state index in [4.69, 9.17) is 5.11 Å². The van der Waals surface area contributed by atoms with Gasteiger partial charge in [0, 0.05) is 13.5 Å². The molecule has 0 aliphatic rings. The highest BCUT2D eigenvalue weighted by Crippen LogP contribution is 2.35. The standard InChI is InChI=1S/C27H38N2O5S/c1-20-25(26(33)34)29(2)27(28-20)35-23-19-21(17-18-22(23)30)15-13-11-9-7-5-3-4-6-8-10-12-14-16-24(31)32/h6,8,17-19,30H,3-5,7,9-16H2,1-2H3,(H,31,32)(H,33,34). The molecule has 1 aromatic heterocycles. The summed E-state index contributed by atoms with van der Waals surface area (Å²) < 4.78 is 1.55. The second-order valence-corrected chi connectivity index (χ2v) is 9.88. The molecule has 2 aromatic rings. The summed E-state index contributed by atoms with van der Waals surface area (Å²) in [5.74, 6) is -1.55. The fourth-order valence-corrected chi connectivity index (χ4v) is 4.96. The van der Waals surface area contributed by atoms with E-state index in [1.54, 1.807) is 24.6 Å². The number of carbonyl (C=O) groups is 2. The minimum absolute atomic E-state index is 0.159. The Morgan fingerprint density at radius 2 is 1.60 bits per heavy atom. The van der Waals surface area contributed by atoms with Crippen LogP contribution < -0.4 is 0 Å². The van der Waals surface area contributed by atoms with Crippen molar-refractivity contribution in [2.45, 2.75) is 94.0 Å². The third kappa shape index (κ3) is 10.2. The van der Waals surface area contributed by atoms with Gasteiger partial charge >= 0.3 is 11.9 Å². The lowest BCUT2D eigenvalue weighted by Crippen LogP contribution is -2.06. The van der Waals surface area contributed by atoms with Gasteiger partial charge in [-0.25, -0.2) is 9.78 Å². The van der Waals surface area contributed by atoms with Gasteiger partial charge in [-0.3, -0.25) is 4.79 Å². The van der Waals surface area contributed by atoms with Gasteiger partial charge in [-0.05, 0) is 81.3 Å². The fraction of sp³-hybridized carbons (Fsp3) is 0.519. The second kappa shape index (κ2) is 15.3. The van der Waals surface area contributed by atoms with E-state index in [1.165, 1.54) is 43.9 Å². The lowest BCUT2D eigenvalue weighted by molar-refractivity contribution is -0.137. The molecule has 3 N–H and O–H groups in total. The van der Waals surface area contributed by atoms with Gasteiger partial charge in [0.15, 0.2) is 10.9 Å². The van der Waals surface area contributed by atoms with Crippen molar-refractivity contribution in [1.82, 2.24) is 9.55 Å². The van der Waals surface area contributed by atoms with Crippen LogP contribution in [0, 0.1) is 6.92 Å². The number of carboxylic acid groups (broad SMARTS) is 2. The Labute approximate surface area is 212 Å². The second-order valence-electron chi connectivity index (χ2n) is 8.87. The number of carboxylic acids is 2. The first-order valence-corrected chi connectivity index (χ1v) is 13.2. The fourth-order valence-electron chi connectivity index (χ4n) is 3.97. The summed E-state index contributed by atoms with van der Waals surface area (Å²) in [5, 5.41) is 28.8. The zero-order valence-corrected chi connectivity index (χ0v) is 21.6. The van der Waals surface area contributed by atoms with Gasteiger partial charge < -0.3 is 19.9 Å². The number of aromatic carboxylic acids is 1. The van der Waals surface area contributed by atoms with Crippen molar-refractivity contribution in [3.63, 3.8) is 0 Å². The average molecular weight is 503 g/mol. The first-order chi connectivity index (χ1) is 16.8. The Morgan fingerprint density at radius 1 is 0.971 bits per heavy atom. The predicted octanol–water partition coefficient (Wildman–Crippen LogP) is 6.76. The normalized spacial score (nSPS) is 11.4. The van der Waals surface area contributed by atoms with Crippen LogP contribution in [0.5, 0.6) is 5.75 Å². The summed E-state index contributed by atoms with van der Waals surface area (Å²) in [7, 11) is 1.67. The molecule has 0 fully saturated rings. The number of aromatic hydroxyl groups is 1. The zero-order valence-electron chi connectivity index (χ0n) is 20.8. The van der Waals surface area contributed by atoms with Crippen LogP contribution in [0.1, 0.15) is 92.4 Å². The van der Waals surface area contributed by atoms with E-state index in [-0.39, 0.29) is 17.9 Å². The third-order valence-electron chi connectivity index (χ3n) is 5.92. The highest BCUT2D eigenvalue weighted by Gasteiger charge is 2.19. The van der Waals surface area contributed by atoms with Crippen molar-refractivity contribution in [2.75, 3.05) is 0 Å². The van der Waals surface area contributed by atoms with Crippen LogP contribution in [0.3, 0.4) is 0 Å². The molecule has 0 radical (unpaired) electrons. The molecule has 0 spiro atoms. The molecule has 0 saturated heterocycles. The minimum atomic E-state index is -1.01. The minimum Gasteiger partial charge on any atom is -0.507 e. The summed E-state index contributed by atoms with van der Waals surface area (Å²) in [6.07, 6.45) is 16.5. The summed E-state index contributed by atoms with van der Waals surface area (Å²) in [5.41, 5.74) is 1.78. The molecule has 1 heterocycles. The van der Waals surface area contributed by atoms with E-state index in [9.17, 15) is 19.8 Å². The van der Waals surface area contributed by atoms with Crippen molar-refractivity contribution in [1.29, 1.82) is 0 Å². The number of benzene rings is 1. The molecule has 192 valence electrons. The number of allylic oxidation sites excluding steroid dienone is 2. The number of phenols is 1. The summed E-state index contributed by atoms with van der Waals surface area (Å²) in [6, 6.07) is 5.61. The van der Waals surface area contributed by atoms with Gasteiger partial charge in [-0.15, -0.1) is 0 Å². The summed E-state index contributed by atoms with van der Waals surface area (Å²) in [6.45, 7) is 1.67. The number of hydrogen-bond acceptors (Lipinski definition) is 5. The monoisotopic (exact) mass is 502 g/mol. The zero-order chi connectivity index (χ0) is 25.6. The predicted molar refractivity (Wildman–Crippen MR) is 138 cm³/mol. The van der Waals surface area contributed by atoms with Gasteiger partial charge in [0.2, 0.25) is 0 Å². The van der Waals surface area contributed by atoms with E-state index in [1.807, 2.05) is 12.1 Å². The third-order valence-corrected chi connectivity index (χ3v) is 7.02. The lowest BCUT2D eigenvalue weighted by Gasteiger charge is -2.08. The molecule has 1 aromatic carbocycles. The van der Waals surface area contributed by atoms with Gasteiger partial charge in [0.05, 0.1) is 10.6 Å². The quantitative estimate of drug-likeness (QED) is 0.162. The van der Waals surface area contributed by atoms with Crippen LogP contribution in [-0.2, 0) is 18.3 Å². The molecule has 0 atom stereocenters. The van der Waals surface area contributed by atoms with Gasteiger partial charge in [0.25, 0.3) is 0 Å². The molecule has 35 heavy (non-hydrogen) atoms. The number of phenolic OH excluding ortho intramolecular Hbond substituents is 1. The molecule has 7 nitrogen and oxygen atoms in total. The highest BCUT2D eigenvalue weighted by molar-refractivity contribution is 7.99. The Bertz CT molecular complexity index is 1000. The van der Waals surface area contributed by atoms with Crippen LogP contribution in [0.4, 0.5) is 0 Å². The maximum absolute atomic E-state index is 11.4. The van der Waals surface area contributed by atoms with Crippen LogP contribution >= 0.6 is 11.8 Å². The molecular weight excluding hydrogens is 464 g/mol. The summed E-state index contributed by atoms with van der Waals surface area (Å²) >= 11 is 1.28. The maximum atomic E-state index is 11.4. The Morgan fingerprint density at radius 3 is 2.23 bits per heavy atom. The van der Waals surface area contributed by atoms with Crippen LogP contribution in [-0.4, -0.2) is 36.8 Å². The molecule has 0 unspecified atom stereocenters. The van der Waals surface area contributed by atoms with E-state index in [0.29, 0.717) is 15.7 Å². The molecule has 0 bridgehead atoms. The SMILES string of the molecule is Cc1nc(Sc2cc(CCCCCCCCC=CCCCCC(=O)O)ccc2O)n(C)c1C(=O)O. The number of hydrogen-bond donors (Lipinski definition) is 3. The molecule has 0 saturated carbocycles. The Kier molecular flexibility index (Phi) is 12.5. The highest BCUT2D eigenvalue weighted by atomic mass is 32.2. The van der Waals surface area contributed by atoms with Crippen LogP contribution in [0.15, 0.2) is 40.4 Å². The van der Waals surface area contributed by atoms with Crippen molar-refractivity contribution in [3.05, 3.63) is 47.3 Å². The number of imidazole rings is 1. The first kappa shape index (κ1) is 28.5. The summed E-state index contributed by atoms with van der Waals surface area (Å²) in [4.78, 5) is 26.9. The Hall–Kier alpha value is -2.74. The maximum Gasteiger partial charge on any atom is 0.354 e. The van der Waals surface area contributed by atoms with Crippen LogP contribution in [0.2, 0.25) is 0 Å². The molecule has 0 aliphatic heterocycles. The molecular formula is C27H38N2O5S. The number of aliphatic carboxylic acids is 1. The van der Waals surface area contributed by atoms with Gasteiger partial charge in [-0.1, -0.05) is 43.9 Å². The van der Waals surface area contributed by atoms with Crippen molar-refractivity contribution >= 4 is 23.7 Å². The topological polar surface area (TPSA) is 113 Å². The van der Waals surface area contributed by atoms with Gasteiger partial charge in [0.1, 0.15) is 5.75 Å². The van der Waals surface area contributed by atoms with E-state index < -0.39 is 11.9 Å². The smallest absolute Gasteiger partial charge is 0.354 e. The first-order valence-electron chi connectivity index (χ1n) is 12.4. The average Bonchev–Trinajstić information content (AvgIpc) is 3.08. The van der Waals surface area contributed by atoms with E-state index in [2.05, 4.69) is 17.1 Å². The number of aryl methyl sites for hydroxylation is 2. The number of nitrogens with zero attached hydrogens (tertiary/aromatic N) is 2. The molecule has 0 aliphatic carbocycles. The van der Waals surface area contributed by atoms with E-state index in [0.717, 1.165) is 44.1 Å². The largest absolute Gasteiger partial charge is 0.507 e. The number of unbranched alkanes of at least 4 members (excludes halogenated alkanes) is 8. The van der Waals surface area contributed by atoms with Gasteiger partial charge in [-0.2, -0.15) is 0 Å². The van der Waals surface area contributed by atoms with Crippen molar-refractivity contribution in [3.8, 4) is 5.75 Å². The van der Waals surface area contributed by atoms with Crippen molar-refractivity contribution in [2.24, 2.45) is 7.05 Å². The molecule has 8 heteroatoms. The Balaban J connectivity index is 1.64. The lowest BCUT2D eigenvalue weighted by atomic mass is 10.0. The van der Waals surface area contributed by atoms with Crippen LogP contribution in [0.25, 0.3) is 0 Å². The number of rotatable bonds is 17. The molecule has 2 rings (SSSR count). The van der Waals surface area contributed by atoms with E-state index >= 15 is 0 Å². The number of aromatic nitrogens is 2. The molecule has 0 amide bonds. The van der Waals surface area contributed by atoms with Crippen molar-refractivity contribution < 1.29 is 24.9 Å².